The van der Waals surface area contributed by atoms with E-state index in [2.05, 4.69) is 22.4 Å². The molecule has 0 unspecified atom stereocenters. The Hall–Kier alpha value is -0.760. The van der Waals surface area contributed by atoms with Crippen LogP contribution in [0.2, 0.25) is 5.02 Å². The Morgan fingerprint density at radius 3 is 2.82 bits per heavy atom. The van der Waals surface area contributed by atoms with Gasteiger partial charge in [0, 0.05) is 11.6 Å². The van der Waals surface area contributed by atoms with Gasteiger partial charge in [-0.1, -0.05) is 71.6 Å². The lowest BCUT2D eigenvalue weighted by molar-refractivity contribution is -0.120. The van der Waals surface area contributed by atoms with Gasteiger partial charge in [-0.05, 0) is 24.3 Å². The monoisotopic (exact) mass is 373 g/mol. The molecule has 22 heavy (non-hydrogen) atoms. The molecule has 1 atom stereocenters. The van der Waals surface area contributed by atoms with Gasteiger partial charge < -0.3 is 5.32 Å². The maximum Gasteiger partial charge on any atom is 0.233 e. The third-order valence-corrected chi connectivity index (χ3v) is 6.21. The van der Waals surface area contributed by atoms with Gasteiger partial charge >= 0.3 is 0 Å². The van der Waals surface area contributed by atoms with Crippen LogP contribution in [0.15, 0.2) is 32.9 Å². The topological polar surface area (TPSA) is 54.9 Å². The second-order valence-corrected chi connectivity index (χ2v) is 8.82. The minimum Gasteiger partial charge on any atom is -0.351 e. The zero-order valence-corrected chi connectivity index (χ0v) is 15.4. The lowest BCUT2D eigenvalue weighted by atomic mass is 10.2. The van der Waals surface area contributed by atoms with E-state index in [1.807, 2.05) is 31.2 Å². The number of amides is 1. The third-order valence-electron chi connectivity index (χ3n) is 2.71. The predicted octanol–water partition coefficient (Wildman–Crippen LogP) is 4.10. The molecule has 1 aromatic heterocycles. The molecule has 0 fully saturated rings. The normalized spacial score (nSPS) is 12.1. The van der Waals surface area contributed by atoms with Crippen molar-refractivity contribution in [1.29, 1.82) is 0 Å². The summed E-state index contributed by atoms with van der Waals surface area (Å²) in [7, 11) is 0. The molecule has 1 amide bonds. The molecule has 0 spiro atoms. The zero-order valence-electron chi connectivity index (χ0n) is 12.2. The summed E-state index contributed by atoms with van der Waals surface area (Å²) in [5.74, 6) is 0.928. The van der Waals surface area contributed by atoms with E-state index in [1.165, 1.54) is 23.1 Å². The number of halogens is 1. The molecule has 0 saturated heterocycles. The first-order valence-electron chi connectivity index (χ1n) is 6.74. The van der Waals surface area contributed by atoms with Crippen molar-refractivity contribution in [3.05, 3.63) is 34.9 Å². The van der Waals surface area contributed by atoms with E-state index in [0.717, 1.165) is 20.0 Å². The maximum absolute atomic E-state index is 12.1. The zero-order chi connectivity index (χ0) is 15.9. The van der Waals surface area contributed by atoms with Crippen molar-refractivity contribution in [3.8, 4) is 0 Å². The van der Waals surface area contributed by atoms with Gasteiger partial charge in [-0.25, -0.2) is 0 Å². The summed E-state index contributed by atoms with van der Waals surface area (Å²) in [4.78, 5) is 12.1. The van der Waals surface area contributed by atoms with Crippen LogP contribution >= 0.6 is 46.5 Å². The summed E-state index contributed by atoms with van der Waals surface area (Å²) in [6.45, 7) is 4.36. The minimum atomic E-state index is -0.227. The van der Waals surface area contributed by atoms with E-state index >= 15 is 0 Å². The van der Waals surface area contributed by atoms with E-state index in [-0.39, 0.29) is 11.2 Å². The van der Waals surface area contributed by atoms with Crippen LogP contribution in [-0.2, 0) is 11.3 Å². The molecular weight excluding hydrogens is 358 g/mol. The van der Waals surface area contributed by atoms with Crippen molar-refractivity contribution in [2.24, 2.45) is 0 Å². The van der Waals surface area contributed by atoms with Crippen LogP contribution in [0.1, 0.15) is 19.4 Å². The first kappa shape index (κ1) is 17.6. The fourth-order valence-corrected chi connectivity index (χ4v) is 4.89. The Labute approximate surface area is 147 Å². The summed E-state index contributed by atoms with van der Waals surface area (Å²) in [6, 6.07) is 7.49. The molecule has 1 aromatic carbocycles. The van der Waals surface area contributed by atoms with Crippen LogP contribution in [0, 0.1) is 0 Å². The van der Waals surface area contributed by atoms with Crippen LogP contribution in [-0.4, -0.2) is 27.1 Å². The molecule has 118 valence electrons. The molecule has 0 aliphatic carbocycles. The van der Waals surface area contributed by atoms with Gasteiger partial charge in [0.05, 0.1) is 5.25 Å². The Morgan fingerprint density at radius 1 is 1.36 bits per heavy atom. The van der Waals surface area contributed by atoms with Crippen molar-refractivity contribution in [1.82, 2.24) is 15.5 Å². The number of aromatic nitrogens is 2. The number of thioether (sulfide) groups is 2. The highest BCUT2D eigenvalue weighted by molar-refractivity contribution is 8.03. The van der Waals surface area contributed by atoms with Gasteiger partial charge in [-0.2, -0.15) is 0 Å². The summed E-state index contributed by atoms with van der Waals surface area (Å²) in [5, 5.41) is 11.5. The van der Waals surface area contributed by atoms with E-state index in [9.17, 15) is 4.79 Å². The number of hydrogen-bond acceptors (Lipinski definition) is 6. The Morgan fingerprint density at radius 2 is 2.09 bits per heavy atom. The number of benzene rings is 1. The van der Waals surface area contributed by atoms with Crippen molar-refractivity contribution < 1.29 is 4.79 Å². The lowest BCUT2D eigenvalue weighted by Gasteiger charge is -2.11. The highest BCUT2D eigenvalue weighted by Crippen LogP contribution is 2.31. The third kappa shape index (κ3) is 5.15. The largest absolute Gasteiger partial charge is 0.351 e. The van der Waals surface area contributed by atoms with Gasteiger partial charge in [0.1, 0.15) is 0 Å². The van der Waals surface area contributed by atoms with Gasteiger partial charge in [-0.15, -0.1) is 10.2 Å². The minimum absolute atomic E-state index is 0.0372. The molecule has 8 heteroatoms. The number of nitrogens with one attached hydrogen (secondary N) is 1. The average Bonchev–Trinajstić information content (AvgIpc) is 2.93. The highest BCUT2D eigenvalue weighted by atomic mass is 35.5. The molecule has 2 aromatic rings. The number of hydrogen-bond donors (Lipinski definition) is 1. The van der Waals surface area contributed by atoms with Crippen molar-refractivity contribution in [3.63, 3.8) is 0 Å². The molecule has 2 rings (SSSR count). The number of carbonyl (C=O) groups is 1. The van der Waals surface area contributed by atoms with E-state index in [4.69, 9.17) is 11.6 Å². The standard InChI is InChI=1S/C14H16ClN3OS3/c1-3-20-13-17-18-14(22-13)21-9(2)12(19)16-8-10-6-4-5-7-11(10)15/h4-7,9H,3,8H2,1-2H3,(H,16,19)/t9-/m1/s1. The first-order valence-corrected chi connectivity index (χ1v) is 9.80. The molecule has 4 nitrogen and oxygen atoms in total. The molecule has 1 N–H and O–H groups in total. The summed E-state index contributed by atoms with van der Waals surface area (Å²) < 4.78 is 1.75. The number of rotatable bonds is 7. The summed E-state index contributed by atoms with van der Waals surface area (Å²) in [5.41, 5.74) is 0.910. The fraction of sp³-hybridized carbons (Fsp3) is 0.357. The SMILES string of the molecule is CCSc1nnc(S[C@H](C)C(=O)NCc2ccccc2Cl)s1. The number of carbonyl (C=O) groups excluding carboxylic acids is 1. The van der Waals surface area contributed by atoms with Gasteiger partial charge in [0.2, 0.25) is 5.91 Å². The maximum atomic E-state index is 12.1. The lowest BCUT2D eigenvalue weighted by Crippen LogP contribution is -2.30. The molecule has 0 aliphatic heterocycles. The summed E-state index contributed by atoms with van der Waals surface area (Å²) >= 11 is 10.7. The van der Waals surface area contributed by atoms with Crippen LogP contribution in [0.5, 0.6) is 0 Å². The van der Waals surface area contributed by atoms with Gasteiger partial charge in [0.15, 0.2) is 8.68 Å². The van der Waals surface area contributed by atoms with Crippen molar-refractivity contribution in [2.75, 3.05) is 5.75 Å². The smallest absolute Gasteiger partial charge is 0.233 e. The second-order valence-electron chi connectivity index (χ2n) is 4.34. The second kappa shape index (κ2) is 8.76. The van der Waals surface area contributed by atoms with Crippen LogP contribution in [0.3, 0.4) is 0 Å². The van der Waals surface area contributed by atoms with Crippen LogP contribution in [0.25, 0.3) is 0 Å². The first-order chi connectivity index (χ1) is 10.6. The molecule has 0 saturated carbocycles. The van der Waals surface area contributed by atoms with Crippen molar-refractivity contribution in [2.45, 2.75) is 34.3 Å². The highest BCUT2D eigenvalue weighted by Gasteiger charge is 2.17. The van der Waals surface area contributed by atoms with E-state index in [0.29, 0.717) is 11.6 Å². The van der Waals surface area contributed by atoms with E-state index < -0.39 is 0 Å². The quantitative estimate of drug-likeness (QED) is 0.740. The predicted molar refractivity (Wildman–Crippen MR) is 94.9 cm³/mol. The molecule has 0 bridgehead atoms. The number of nitrogens with zero attached hydrogens (tertiary/aromatic N) is 2. The van der Waals surface area contributed by atoms with Gasteiger partial charge in [-0.3, -0.25) is 4.79 Å². The molecule has 0 aliphatic rings. The fourth-order valence-electron chi connectivity index (χ4n) is 1.60. The molecular formula is C14H16ClN3OS3. The Bertz CT molecular complexity index is 635. The molecule has 0 radical (unpaired) electrons. The molecule has 1 heterocycles. The van der Waals surface area contributed by atoms with Crippen LogP contribution < -0.4 is 5.32 Å². The van der Waals surface area contributed by atoms with Crippen molar-refractivity contribution >= 4 is 52.4 Å². The van der Waals surface area contributed by atoms with Gasteiger partial charge in [0.25, 0.3) is 0 Å². The van der Waals surface area contributed by atoms with Crippen LogP contribution in [0.4, 0.5) is 0 Å². The van der Waals surface area contributed by atoms with E-state index in [1.54, 1.807) is 11.8 Å². The Balaban J connectivity index is 1.85. The summed E-state index contributed by atoms with van der Waals surface area (Å²) in [6.07, 6.45) is 0. The Kier molecular flexibility index (Phi) is 7.01. The average molecular weight is 374 g/mol.